The lowest BCUT2D eigenvalue weighted by Gasteiger charge is -2.23. The van der Waals surface area contributed by atoms with Crippen LogP contribution in [0.15, 0.2) is 24.3 Å². The van der Waals surface area contributed by atoms with Gasteiger partial charge in [-0.25, -0.2) is 0 Å². The Morgan fingerprint density at radius 2 is 1.84 bits per heavy atom. The number of hydrogen-bond donors (Lipinski definition) is 1. The van der Waals surface area contributed by atoms with Gasteiger partial charge in [-0.1, -0.05) is 19.9 Å². The van der Waals surface area contributed by atoms with Gasteiger partial charge in [-0.05, 0) is 12.1 Å². The second-order valence-electron chi connectivity index (χ2n) is 5.47. The van der Waals surface area contributed by atoms with E-state index in [1.54, 1.807) is 0 Å². The molecule has 19 heavy (non-hydrogen) atoms. The van der Waals surface area contributed by atoms with Crippen LogP contribution in [0.1, 0.15) is 19.5 Å². The van der Waals surface area contributed by atoms with E-state index in [9.17, 15) is 0 Å². The smallest absolute Gasteiger partial charge is 0.163 e. The molecule has 0 spiro atoms. The van der Waals surface area contributed by atoms with Gasteiger partial charge in [0.1, 0.15) is 13.2 Å². The van der Waals surface area contributed by atoms with Crippen LogP contribution in [0.5, 0.6) is 11.5 Å². The fourth-order valence-corrected chi connectivity index (χ4v) is 2.14. The van der Waals surface area contributed by atoms with Crippen molar-refractivity contribution in [3.8, 4) is 11.5 Å². The molecule has 1 aliphatic rings. The van der Waals surface area contributed by atoms with E-state index in [2.05, 4.69) is 19.9 Å². The number of nitrogens with two attached hydrogens (primary N) is 1. The quantitative estimate of drug-likeness (QED) is 0.897. The SMILES string of the molecule is CC(C)(CN)c1ccc2cc3c(cc2n1)OCCO3. The monoisotopic (exact) mass is 258 g/mol. The zero-order valence-corrected chi connectivity index (χ0v) is 11.3. The van der Waals surface area contributed by atoms with E-state index in [0.717, 1.165) is 28.1 Å². The number of pyridine rings is 1. The lowest BCUT2D eigenvalue weighted by Crippen LogP contribution is -2.29. The van der Waals surface area contributed by atoms with E-state index in [1.807, 2.05) is 18.2 Å². The van der Waals surface area contributed by atoms with E-state index in [4.69, 9.17) is 20.2 Å². The Bertz CT molecular complexity index is 623. The van der Waals surface area contributed by atoms with Gasteiger partial charge in [0, 0.05) is 29.1 Å². The second kappa shape index (κ2) is 4.38. The summed E-state index contributed by atoms with van der Waals surface area (Å²) in [5, 5.41) is 1.06. The summed E-state index contributed by atoms with van der Waals surface area (Å²) in [5.41, 5.74) is 7.60. The third-order valence-corrected chi connectivity index (χ3v) is 3.56. The summed E-state index contributed by atoms with van der Waals surface area (Å²) >= 11 is 0. The maximum absolute atomic E-state index is 5.81. The van der Waals surface area contributed by atoms with Crippen LogP contribution in [0, 0.1) is 0 Å². The van der Waals surface area contributed by atoms with Gasteiger partial charge >= 0.3 is 0 Å². The first-order valence-electron chi connectivity index (χ1n) is 6.51. The maximum atomic E-state index is 5.81. The topological polar surface area (TPSA) is 57.4 Å². The minimum absolute atomic E-state index is 0.124. The number of aromatic nitrogens is 1. The van der Waals surface area contributed by atoms with E-state index in [1.165, 1.54) is 0 Å². The average Bonchev–Trinajstić information content (AvgIpc) is 2.44. The summed E-state index contributed by atoms with van der Waals surface area (Å²) in [6.45, 7) is 5.95. The van der Waals surface area contributed by atoms with Crippen molar-refractivity contribution in [3.63, 3.8) is 0 Å². The molecule has 0 saturated heterocycles. The molecule has 3 rings (SSSR count). The van der Waals surface area contributed by atoms with Crippen LogP contribution < -0.4 is 15.2 Å². The van der Waals surface area contributed by atoms with Gasteiger partial charge < -0.3 is 15.2 Å². The molecule has 0 fully saturated rings. The summed E-state index contributed by atoms with van der Waals surface area (Å²) in [5.74, 6) is 1.57. The van der Waals surface area contributed by atoms with Gasteiger partial charge in [0.25, 0.3) is 0 Å². The van der Waals surface area contributed by atoms with Crippen molar-refractivity contribution < 1.29 is 9.47 Å². The summed E-state index contributed by atoms with van der Waals surface area (Å²) < 4.78 is 11.2. The van der Waals surface area contributed by atoms with Crippen molar-refractivity contribution in [3.05, 3.63) is 30.0 Å². The molecule has 2 aromatic rings. The number of fused-ring (bicyclic) bond motifs is 2. The molecule has 0 saturated carbocycles. The summed E-state index contributed by atoms with van der Waals surface area (Å²) in [4.78, 5) is 4.71. The molecule has 0 atom stereocenters. The zero-order valence-electron chi connectivity index (χ0n) is 11.3. The highest BCUT2D eigenvalue weighted by molar-refractivity contribution is 5.83. The van der Waals surface area contributed by atoms with Crippen LogP contribution in [-0.4, -0.2) is 24.7 Å². The van der Waals surface area contributed by atoms with Gasteiger partial charge in [0.15, 0.2) is 11.5 Å². The standard InChI is InChI=1S/C15H18N2O2/c1-15(2,9-16)14-4-3-10-7-12-13(8-11(10)17-14)19-6-5-18-12/h3-4,7-8H,5-6,9,16H2,1-2H3. The van der Waals surface area contributed by atoms with E-state index < -0.39 is 0 Å². The molecule has 1 aromatic carbocycles. The van der Waals surface area contributed by atoms with E-state index in [0.29, 0.717) is 19.8 Å². The molecule has 2 heterocycles. The first-order valence-corrected chi connectivity index (χ1v) is 6.51. The number of ether oxygens (including phenoxy) is 2. The van der Waals surface area contributed by atoms with Crippen LogP contribution in [0.25, 0.3) is 10.9 Å². The molecule has 0 bridgehead atoms. The van der Waals surface area contributed by atoms with Gasteiger partial charge in [0.05, 0.1) is 5.52 Å². The van der Waals surface area contributed by atoms with Gasteiger partial charge in [-0.15, -0.1) is 0 Å². The van der Waals surface area contributed by atoms with Crippen molar-refractivity contribution in [1.82, 2.24) is 4.98 Å². The minimum Gasteiger partial charge on any atom is -0.486 e. The third kappa shape index (κ3) is 2.12. The van der Waals surface area contributed by atoms with Crippen molar-refractivity contribution in [2.24, 2.45) is 5.73 Å². The van der Waals surface area contributed by atoms with Gasteiger partial charge in [-0.2, -0.15) is 0 Å². The summed E-state index contributed by atoms with van der Waals surface area (Å²) in [6, 6.07) is 8.02. The summed E-state index contributed by atoms with van der Waals surface area (Å²) in [7, 11) is 0. The van der Waals surface area contributed by atoms with Crippen LogP contribution in [-0.2, 0) is 5.41 Å². The average molecular weight is 258 g/mol. The highest BCUT2D eigenvalue weighted by Crippen LogP contribution is 2.34. The molecule has 0 amide bonds. The Morgan fingerprint density at radius 1 is 1.16 bits per heavy atom. The maximum Gasteiger partial charge on any atom is 0.163 e. The molecule has 1 aliphatic heterocycles. The fourth-order valence-electron chi connectivity index (χ4n) is 2.14. The highest BCUT2D eigenvalue weighted by Gasteiger charge is 2.21. The molecule has 0 unspecified atom stereocenters. The fraction of sp³-hybridized carbons (Fsp3) is 0.400. The van der Waals surface area contributed by atoms with Crippen LogP contribution in [0.3, 0.4) is 0 Å². The first-order chi connectivity index (χ1) is 9.10. The Labute approximate surface area is 112 Å². The molecule has 0 aliphatic carbocycles. The Kier molecular flexibility index (Phi) is 2.82. The number of benzene rings is 1. The van der Waals surface area contributed by atoms with Gasteiger partial charge in [-0.3, -0.25) is 4.98 Å². The van der Waals surface area contributed by atoms with Gasteiger partial charge in [0.2, 0.25) is 0 Å². The second-order valence-corrected chi connectivity index (χ2v) is 5.47. The third-order valence-electron chi connectivity index (χ3n) is 3.56. The predicted molar refractivity (Wildman–Crippen MR) is 74.8 cm³/mol. The molecule has 0 radical (unpaired) electrons. The summed E-state index contributed by atoms with van der Waals surface area (Å²) in [6.07, 6.45) is 0. The van der Waals surface area contributed by atoms with Crippen molar-refractivity contribution in [2.75, 3.05) is 19.8 Å². The molecular formula is C15H18N2O2. The molecule has 2 N–H and O–H groups in total. The molecule has 1 aromatic heterocycles. The number of hydrogen-bond acceptors (Lipinski definition) is 4. The van der Waals surface area contributed by atoms with Crippen molar-refractivity contribution in [2.45, 2.75) is 19.3 Å². The van der Waals surface area contributed by atoms with Crippen LogP contribution in [0.2, 0.25) is 0 Å². The normalized spacial score (nSPS) is 14.7. The Hall–Kier alpha value is -1.81. The number of nitrogens with zero attached hydrogens (tertiary/aromatic N) is 1. The Balaban J connectivity index is 2.13. The Morgan fingerprint density at radius 3 is 2.53 bits per heavy atom. The first kappa shape index (κ1) is 12.2. The molecule has 4 heteroatoms. The van der Waals surface area contributed by atoms with E-state index >= 15 is 0 Å². The lowest BCUT2D eigenvalue weighted by atomic mass is 9.89. The molecule has 100 valence electrons. The van der Waals surface area contributed by atoms with Crippen LogP contribution >= 0.6 is 0 Å². The van der Waals surface area contributed by atoms with Crippen molar-refractivity contribution >= 4 is 10.9 Å². The lowest BCUT2D eigenvalue weighted by molar-refractivity contribution is 0.172. The molecule has 4 nitrogen and oxygen atoms in total. The largest absolute Gasteiger partial charge is 0.486 e. The van der Waals surface area contributed by atoms with Crippen molar-refractivity contribution in [1.29, 1.82) is 0 Å². The molecular weight excluding hydrogens is 240 g/mol. The minimum atomic E-state index is -0.124. The van der Waals surface area contributed by atoms with E-state index in [-0.39, 0.29) is 5.41 Å². The zero-order chi connectivity index (χ0) is 13.5. The van der Waals surface area contributed by atoms with Crippen LogP contribution in [0.4, 0.5) is 0 Å². The number of rotatable bonds is 2. The highest BCUT2D eigenvalue weighted by atomic mass is 16.6. The predicted octanol–water partition coefficient (Wildman–Crippen LogP) is 2.24.